The summed E-state index contributed by atoms with van der Waals surface area (Å²) in [7, 11) is 0. The third-order valence-corrected chi connectivity index (χ3v) is 5.03. The first-order valence-corrected chi connectivity index (χ1v) is 9.87. The van der Waals surface area contributed by atoms with E-state index in [0.29, 0.717) is 25.0 Å². The molecular formula is C18H35N3O7. The normalized spacial score (nSPS) is 35.8. The van der Waals surface area contributed by atoms with E-state index in [1.54, 1.807) is 6.92 Å². The third kappa shape index (κ3) is 6.09. The SMILES string of the molecule is CCC(O)C(OCCO)O[C@H]1C(N)CC(N)[C@@H](O[C@@H]2CCC=C(CN)O2)C1O. The Bertz CT molecular complexity index is 496. The van der Waals surface area contributed by atoms with Crippen LogP contribution in [0.3, 0.4) is 0 Å². The van der Waals surface area contributed by atoms with Gasteiger partial charge < -0.3 is 51.5 Å². The van der Waals surface area contributed by atoms with Crippen LogP contribution in [0.4, 0.5) is 0 Å². The fourth-order valence-corrected chi connectivity index (χ4v) is 3.45. The smallest absolute Gasteiger partial charge is 0.200 e. The van der Waals surface area contributed by atoms with Crippen molar-refractivity contribution in [2.75, 3.05) is 19.8 Å². The molecule has 1 aliphatic carbocycles. The Morgan fingerprint density at radius 1 is 1.29 bits per heavy atom. The standard InChI is InChI=1S/C18H35N3O7/c1-2-13(23)18(25-7-6-22)28-17-12(21)8-11(20)16(15(17)24)27-14-5-3-4-10(9-19)26-14/h4,11-18,22-24H,2-3,5-9,19-21H2,1H3/t11?,12?,13?,14-,15?,16-,17+,18?/m1/s1. The van der Waals surface area contributed by atoms with Gasteiger partial charge in [0.05, 0.1) is 19.8 Å². The van der Waals surface area contributed by atoms with Gasteiger partial charge in [-0.2, -0.15) is 0 Å². The molecular weight excluding hydrogens is 370 g/mol. The van der Waals surface area contributed by atoms with E-state index >= 15 is 0 Å². The van der Waals surface area contributed by atoms with Crippen molar-refractivity contribution >= 4 is 0 Å². The monoisotopic (exact) mass is 405 g/mol. The molecule has 2 aliphatic rings. The quantitative estimate of drug-likeness (QED) is 0.229. The molecule has 0 aromatic carbocycles. The lowest BCUT2D eigenvalue weighted by Gasteiger charge is -2.44. The summed E-state index contributed by atoms with van der Waals surface area (Å²) in [4.78, 5) is 0. The number of rotatable bonds is 10. The molecule has 1 aliphatic heterocycles. The summed E-state index contributed by atoms with van der Waals surface area (Å²) in [6, 6.07) is -1.07. The van der Waals surface area contributed by atoms with Crippen LogP contribution in [0.2, 0.25) is 0 Å². The van der Waals surface area contributed by atoms with E-state index in [2.05, 4.69) is 0 Å². The van der Waals surface area contributed by atoms with Gasteiger partial charge in [-0.3, -0.25) is 0 Å². The van der Waals surface area contributed by atoms with Gasteiger partial charge in [0, 0.05) is 18.5 Å². The Morgan fingerprint density at radius 3 is 2.64 bits per heavy atom. The molecule has 8 atom stereocenters. The molecule has 164 valence electrons. The largest absolute Gasteiger partial charge is 0.468 e. The Morgan fingerprint density at radius 2 is 2.00 bits per heavy atom. The molecule has 2 rings (SSSR count). The lowest BCUT2D eigenvalue weighted by atomic mass is 9.84. The highest BCUT2D eigenvalue weighted by molar-refractivity contribution is 5.01. The van der Waals surface area contributed by atoms with Crippen molar-refractivity contribution in [3.05, 3.63) is 11.8 Å². The van der Waals surface area contributed by atoms with Gasteiger partial charge in [-0.1, -0.05) is 6.92 Å². The first-order valence-electron chi connectivity index (χ1n) is 9.87. The van der Waals surface area contributed by atoms with E-state index in [1.807, 2.05) is 6.08 Å². The number of aliphatic hydroxyl groups excluding tert-OH is 3. The van der Waals surface area contributed by atoms with Gasteiger partial charge in [-0.15, -0.1) is 0 Å². The molecule has 5 unspecified atom stereocenters. The van der Waals surface area contributed by atoms with Crippen molar-refractivity contribution in [3.63, 3.8) is 0 Å². The van der Waals surface area contributed by atoms with Gasteiger partial charge >= 0.3 is 0 Å². The van der Waals surface area contributed by atoms with Crippen molar-refractivity contribution in [1.82, 2.24) is 0 Å². The van der Waals surface area contributed by atoms with Crippen molar-refractivity contribution in [3.8, 4) is 0 Å². The predicted molar refractivity (Wildman–Crippen MR) is 101 cm³/mol. The first-order chi connectivity index (χ1) is 13.4. The zero-order chi connectivity index (χ0) is 20.7. The molecule has 9 N–H and O–H groups in total. The number of allylic oxidation sites excluding steroid dienone is 1. The van der Waals surface area contributed by atoms with Crippen LogP contribution in [0.5, 0.6) is 0 Å². The molecule has 0 radical (unpaired) electrons. The van der Waals surface area contributed by atoms with Crippen molar-refractivity contribution in [2.45, 2.75) is 81.7 Å². The first kappa shape index (κ1) is 23.5. The molecule has 0 aromatic rings. The number of hydrogen-bond acceptors (Lipinski definition) is 10. The highest BCUT2D eigenvalue weighted by Crippen LogP contribution is 2.28. The van der Waals surface area contributed by atoms with E-state index < -0.39 is 49.1 Å². The summed E-state index contributed by atoms with van der Waals surface area (Å²) in [5.74, 6) is 0.642. The number of ether oxygens (including phenoxy) is 4. The number of aliphatic hydroxyl groups is 3. The van der Waals surface area contributed by atoms with Crippen molar-refractivity contribution < 1.29 is 34.3 Å². The molecule has 1 fully saturated rings. The van der Waals surface area contributed by atoms with Crippen LogP contribution in [0.25, 0.3) is 0 Å². The zero-order valence-electron chi connectivity index (χ0n) is 16.4. The molecule has 0 amide bonds. The van der Waals surface area contributed by atoms with Crippen LogP contribution in [0, 0.1) is 0 Å². The van der Waals surface area contributed by atoms with Crippen LogP contribution in [0.15, 0.2) is 11.8 Å². The number of nitrogens with two attached hydrogens (primary N) is 3. The summed E-state index contributed by atoms with van der Waals surface area (Å²) in [6.07, 6.45) is -1.27. The van der Waals surface area contributed by atoms with E-state index in [-0.39, 0.29) is 19.8 Å². The molecule has 10 nitrogen and oxygen atoms in total. The second-order valence-electron chi connectivity index (χ2n) is 7.19. The second-order valence-corrected chi connectivity index (χ2v) is 7.19. The Labute approximate surface area is 165 Å². The van der Waals surface area contributed by atoms with Gasteiger partial charge in [0.2, 0.25) is 0 Å². The molecule has 0 aromatic heterocycles. The molecule has 1 heterocycles. The minimum absolute atomic E-state index is 0.0106. The molecule has 10 heteroatoms. The second kappa shape index (κ2) is 11.4. The molecule has 28 heavy (non-hydrogen) atoms. The Kier molecular flexibility index (Phi) is 9.54. The minimum atomic E-state index is -1.14. The molecule has 0 spiro atoms. The average Bonchev–Trinajstić information content (AvgIpc) is 2.70. The van der Waals surface area contributed by atoms with Crippen molar-refractivity contribution in [1.29, 1.82) is 0 Å². The summed E-state index contributed by atoms with van der Waals surface area (Å²) in [5, 5.41) is 30.0. The van der Waals surface area contributed by atoms with Crippen LogP contribution in [-0.4, -0.2) is 84.2 Å². The summed E-state index contributed by atoms with van der Waals surface area (Å²) < 4.78 is 22.8. The Hall–Kier alpha value is -0.820. The fourth-order valence-electron chi connectivity index (χ4n) is 3.45. The lowest BCUT2D eigenvalue weighted by molar-refractivity contribution is -0.267. The minimum Gasteiger partial charge on any atom is -0.468 e. The van der Waals surface area contributed by atoms with Gasteiger partial charge in [0.25, 0.3) is 0 Å². The van der Waals surface area contributed by atoms with Crippen LogP contribution in [-0.2, 0) is 18.9 Å². The highest BCUT2D eigenvalue weighted by atomic mass is 16.7. The maximum Gasteiger partial charge on any atom is 0.200 e. The molecule has 1 saturated carbocycles. The Balaban J connectivity index is 2.04. The highest BCUT2D eigenvalue weighted by Gasteiger charge is 2.45. The van der Waals surface area contributed by atoms with E-state index in [4.69, 9.17) is 41.3 Å². The van der Waals surface area contributed by atoms with E-state index in [9.17, 15) is 10.2 Å². The van der Waals surface area contributed by atoms with Gasteiger partial charge in [0.15, 0.2) is 12.6 Å². The van der Waals surface area contributed by atoms with E-state index in [0.717, 1.165) is 6.42 Å². The van der Waals surface area contributed by atoms with Gasteiger partial charge in [-0.05, 0) is 25.3 Å². The summed E-state index contributed by atoms with van der Waals surface area (Å²) in [6.45, 7) is 1.81. The topological polar surface area (TPSA) is 176 Å². The van der Waals surface area contributed by atoms with Crippen molar-refractivity contribution in [2.24, 2.45) is 17.2 Å². The third-order valence-electron chi connectivity index (χ3n) is 5.03. The van der Waals surface area contributed by atoms with Gasteiger partial charge in [-0.25, -0.2) is 0 Å². The predicted octanol–water partition coefficient (Wildman–Crippen LogP) is -1.74. The lowest BCUT2D eigenvalue weighted by Crippen LogP contribution is -2.64. The summed E-state index contributed by atoms with van der Waals surface area (Å²) >= 11 is 0. The maximum absolute atomic E-state index is 10.9. The molecule has 0 bridgehead atoms. The maximum atomic E-state index is 10.9. The van der Waals surface area contributed by atoms with Crippen LogP contribution >= 0.6 is 0 Å². The fraction of sp³-hybridized carbons (Fsp3) is 0.889. The number of hydrogen-bond donors (Lipinski definition) is 6. The zero-order valence-corrected chi connectivity index (χ0v) is 16.4. The summed E-state index contributed by atoms with van der Waals surface area (Å²) in [5.41, 5.74) is 17.9. The van der Waals surface area contributed by atoms with E-state index in [1.165, 1.54) is 0 Å². The average molecular weight is 405 g/mol. The van der Waals surface area contributed by atoms with Crippen LogP contribution < -0.4 is 17.2 Å². The van der Waals surface area contributed by atoms with Gasteiger partial charge in [0.1, 0.15) is 30.2 Å². The molecule has 0 saturated heterocycles. The van der Waals surface area contributed by atoms with Crippen LogP contribution in [0.1, 0.15) is 32.6 Å².